The zero-order valence-corrected chi connectivity index (χ0v) is 49.4. The monoisotopic (exact) mass is 1160 g/mol. The van der Waals surface area contributed by atoms with Crippen molar-refractivity contribution in [3.8, 4) is 34.5 Å². The number of hydrogen-bond donors (Lipinski definition) is 1. The lowest BCUT2D eigenvalue weighted by molar-refractivity contribution is 0.0892. The van der Waals surface area contributed by atoms with Crippen molar-refractivity contribution in [3.05, 3.63) is 239 Å². The normalized spacial score (nSPS) is 10.6. The van der Waals surface area contributed by atoms with Crippen LogP contribution in [0.3, 0.4) is 0 Å². The highest BCUT2D eigenvalue weighted by Crippen LogP contribution is 2.38. The molecule has 0 atom stereocenters. The van der Waals surface area contributed by atoms with Gasteiger partial charge in [0.05, 0.1) is 49.1 Å². The number of carbonyl (C=O) groups is 3. The van der Waals surface area contributed by atoms with E-state index in [0.29, 0.717) is 21.2 Å². The Balaban J connectivity index is 0.000000193. The minimum absolute atomic E-state index is 0.0345. The van der Waals surface area contributed by atoms with E-state index >= 15 is 0 Å². The molecule has 0 saturated heterocycles. The molecular formula is C69H68BrN3O9. The molecule has 82 heavy (non-hydrogen) atoms. The lowest BCUT2D eigenvalue weighted by Crippen LogP contribution is -2.13. The average Bonchev–Trinajstić information content (AvgIpc) is 3.59. The molecule has 0 fully saturated rings. The predicted octanol–water partition coefficient (Wildman–Crippen LogP) is 17.5. The molecule has 0 amide bonds. The second-order valence-corrected chi connectivity index (χ2v) is 20.5. The third-order valence-corrected chi connectivity index (χ3v) is 13.9. The van der Waals surface area contributed by atoms with Gasteiger partial charge < -0.3 is 43.5 Å². The number of nitrogens with one attached hydrogen (secondary N) is 1. The first kappa shape index (κ1) is 60.3. The quantitative estimate of drug-likeness (QED) is 0.0612. The molecule has 0 spiro atoms. The number of ether oxygens (including phenoxy) is 6. The molecule has 0 bridgehead atoms. The topological polar surface area (TPSA) is 125 Å². The van der Waals surface area contributed by atoms with E-state index in [4.69, 9.17) is 28.4 Å². The van der Waals surface area contributed by atoms with E-state index < -0.39 is 0 Å². The fraction of sp³-hybridized carbons (Fsp3) is 0.174. The van der Waals surface area contributed by atoms with Gasteiger partial charge in [0.1, 0.15) is 34.5 Å². The van der Waals surface area contributed by atoms with Crippen LogP contribution in [-0.4, -0.2) is 60.0 Å². The Morgan fingerprint density at radius 2 is 0.671 bits per heavy atom. The molecule has 0 saturated carbocycles. The average molecular weight is 1160 g/mol. The molecule has 13 heteroatoms. The number of carbonyl (C=O) groups excluding carboxylic acids is 3. The molecular weight excluding hydrogens is 1090 g/mol. The smallest absolute Gasteiger partial charge is 0.171 e. The molecule has 0 aromatic heterocycles. The van der Waals surface area contributed by atoms with Gasteiger partial charge in [-0.1, -0.05) is 42.8 Å². The standard InChI is InChI=1S/C33H32BrNO4.C22H21NO3.C14H15NO2/c1-33(2,3)23-8-19-29(30(34)20-23)32(37)21-31(36)22-6-9-24(10-7-22)35(25-11-15-27(38-4)16-12-25)26-13-17-28(39-5)18-14-26;1-16(24)17-4-6-18(7-5-17)23(19-8-12-21(25-2)13-9-19)20-10-14-22(26-3)15-11-20;1-16-13-7-3-11(4-8-13)15-12-5-9-14(17-2)10-6-12/h6-20H,21H2,1-5H3;4-15H,1-3H3;3-10,15H,1-2H3. The first-order valence-corrected chi connectivity index (χ1v) is 27.1. The van der Waals surface area contributed by atoms with Gasteiger partial charge in [0, 0.05) is 66.7 Å². The van der Waals surface area contributed by atoms with Crippen LogP contribution in [0.4, 0.5) is 45.5 Å². The maximum atomic E-state index is 13.1. The van der Waals surface area contributed by atoms with Crippen molar-refractivity contribution < 1.29 is 42.8 Å². The Kier molecular flexibility index (Phi) is 21.1. The first-order chi connectivity index (χ1) is 39.5. The molecule has 12 nitrogen and oxygen atoms in total. The van der Waals surface area contributed by atoms with Crippen LogP contribution in [0.1, 0.15) is 70.8 Å². The summed E-state index contributed by atoms with van der Waals surface area (Å²) < 4.78 is 32.1. The number of benzene rings is 9. The maximum absolute atomic E-state index is 13.1. The maximum Gasteiger partial charge on any atom is 0.171 e. The number of anilines is 8. The zero-order chi connectivity index (χ0) is 58.8. The molecule has 9 rings (SSSR count). The zero-order valence-electron chi connectivity index (χ0n) is 47.9. The van der Waals surface area contributed by atoms with Gasteiger partial charge in [-0.3, -0.25) is 14.4 Å². The van der Waals surface area contributed by atoms with Gasteiger partial charge in [0.15, 0.2) is 17.3 Å². The number of methoxy groups -OCH3 is 6. The Hall–Kier alpha value is -9.33. The number of ketones is 3. The van der Waals surface area contributed by atoms with Gasteiger partial charge >= 0.3 is 0 Å². The fourth-order valence-corrected chi connectivity index (χ4v) is 9.13. The number of rotatable bonds is 19. The van der Waals surface area contributed by atoms with E-state index in [9.17, 15) is 14.4 Å². The summed E-state index contributed by atoms with van der Waals surface area (Å²) in [5.74, 6) is 4.45. The highest BCUT2D eigenvalue weighted by molar-refractivity contribution is 9.10. The van der Waals surface area contributed by atoms with E-state index in [1.54, 1.807) is 67.8 Å². The van der Waals surface area contributed by atoms with E-state index in [2.05, 4.69) is 51.8 Å². The third kappa shape index (κ3) is 16.2. The van der Waals surface area contributed by atoms with Gasteiger partial charge in [-0.15, -0.1) is 0 Å². The second kappa shape index (κ2) is 28.7. The summed E-state index contributed by atoms with van der Waals surface area (Å²) in [6, 6.07) is 67.4. The first-order valence-electron chi connectivity index (χ1n) is 26.3. The molecule has 0 aliphatic carbocycles. The van der Waals surface area contributed by atoms with Crippen molar-refractivity contribution in [1.82, 2.24) is 0 Å². The summed E-state index contributed by atoms with van der Waals surface area (Å²) in [5.41, 5.74) is 10.5. The van der Waals surface area contributed by atoms with Crippen molar-refractivity contribution in [2.24, 2.45) is 0 Å². The Morgan fingerprint density at radius 1 is 0.390 bits per heavy atom. The Bertz CT molecular complexity index is 3350. The van der Waals surface area contributed by atoms with Crippen LogP contribution in [0, 0.1) is 0 Å². The molecule has 0 unspecified atom stereocenters. The third-order valence-electron chi connectivity index (χ3n) is 13.2. The van der Waals surface area contributed by atoms with Crippen molar-refractivity contribution >= 4 is 78.8 Å². The SMILES string of the molecule is COc1ccc(N(c2ccc(OC)cc2)c2ccc(C(=O)CC(=O)c3ccc(C(C)(C)C)cc3Br)cc2)cc1.COc1ccc(N(c2ccc(OC)cc2)c2ccc(C(C)=O)cc2)cc1.COc1ccc(Nc2ccc(OC)cc2)cc1. The highest BCUT2D eigenvalue weighted by atomic mass is 79.9. The fourth-order valence-electron chi connectivity index (χ4n) is 8.53. The van der Waals surface area contributed by atoms with Crippen LogP contribution in [-0.2, 0) is 5.41 Å². The van der Waals surface area contributed by atoms with Gasteiger partial charge in [0.2, 0.25) is 0 Å². The molecule has 0 heterocycles. The minimum Gasteiger partial charge on any atom is -0.497 e. The van der Waals surface area contributed by atoms with Crippen molar-refractivity contribution in [2.45, 2.75) is 39.5 Å². The molecule has 9 aromatic rings. The summed E-state index contributed by atoms with van der Waals surface area (Å²) in [5, 5.41) is 3.30. The van der Waals surface area contributed by atoms with Crippen LogP contribution < -0.4 is 43.5 Å². The Labute approximate surface area is 489 Å². The van der Waals surface area contributed by atoms with Crippen LogP contribution in [0.2, 0.25) is 0 Å². The van der Waals surface area contributed by atoms with Crippen molar-refractivity contribution in [2.75, 3.05) is 57.8 Å². The van der Waals surface area contributed by atoms with Crippen LogP contribution in [0.25, 0.3) is 0 Å². The lowest BCUT2D eigenvalue weighted by Gasteiger charge is -2.26. The summed E-state index contributed by atoms with van der Waals surface area (Å²) >= 11 is 3.52. The molecule has 0 radical (unpaired) electrons. The number of hydrogen-bond acceptors (Lipinski definition) is 12. The minimum atomic E-state index is -0.223. The molecule has 1 N–H and O–H groups in total. The van der Waals surface area contributed by atoms with Gasteiger partial charge in [-0.05, 0) is 224 Å². The molecule has 420 valence electrons. The van der Waals surface area contributed by atoms with E-state index in [0.717, 1.165) is 85.6 Å². The van der Waals surface area contributed by atoms with Gasteiger partial charge in [-0.25, -0.2) is 0 Å². The summed E-state index contributed by atoms with van der Waals surface area (Å²) in [6.45, 7) is 7.93. The summed E-state index contributed by atoms with van der Waals surface area (Å²) in [7, 11) is 9.89. The van der Waals surface area contributed by atoms with E-state index in [1.807, 2.05) is 194 Å². The van der Waals surface area contributed by atoms with E-state index in [-0.39, 0.29) is 29.2 Å². The number of halogens is 1. The van der Waals surface area contributed by atoms with Crippen LogP contribution in [0.5, 0.6) is 34.5 Å². The number of nitrogens with zero attached hydrogens (tertiary/aromatic N) is 2. The van der Waals surface area contributed by atoms with Crippen molar-refractivity contribution in [1.29, 1.82) is 0 Å². The van der Waals surface area contributed by atoms with Gasteiger partial charge in [0.25, 0.3) is 0 Å². The predicted molar refractivity (Wildman–Crippen MR) is 334 cm³/mol. The van der Waals surface area contributed by atoms with Crippen molar-refractivity contribution in [3.63, 3.8) is 0 Å². The Morgan fingerprint density at radius 3 is 0.939 bits per heavy atom. The number of Topliss-reactive ketones (excluding diaryl/α,β-unsaturated/α-hetero) is 3. The van der Waals surface area contributed by atoms with Crippen LogP contribution in [0.15, 0.2) is 217 Å². The lowest BCUT2D eigenvalue weighted by atomic mass is 9.86. The van der Waals surface area contributed by atoms with E-state index in [1.165, 1.54) is 0 Å². The van der Waals surface area contributed by atoms with Gasteiger partial charge in [-0.2, -0.15) is 0 Å². The molecule has 0 aliphatic heterocycles. The van der Waals surface area contributed by atoms with Crippen LogP contribution >= 0.6 is 15.9 Å². The second-order valence-electron chi connectivity index (χ2n) is 19.7. The molecule has 0 aliphatic rings. The summed E-state index contributed by atoms with van der Waals surface area (Å²) in [6.07, 6.45) is -0.201. The summed E-state index contributed by atoms with van der Waals surface area (Å²) in [4.78, 5) is 41.8. The molecule has 9 aromatic carbocycles. The highest BCUT2D eigenvalue weighted by Gasteiger charge is 2.21. The largest absolute Gasteiger partial charge is 0.497 e.